The van der Waals surface area contributed by atoms with Gasteiger partial charge in [-0.2, -0.15) is 0 Å². The van der Waals surface area contributed by atoms with Gasteiger partial charge in [0.05, 0.1) is 5.92 Å². The fourth-order valence-electron chi connectivity index (χ4n) is 1.68. The number of benzene rings is 1. The molecule has 0 aliphatic heterocycles. The van der Waals surface area contributed by atoms with E-state index in [0.29, 0.717) is 19.5 Å². The summed E-state index contributed by atoms with van der Waals surface area (Å²) >= 11 is 0. The van der Waals surface area contributed by atoms with Crippen molar-refractivity contribution in [2.75, 3.05) is 18.9 Å². The van der Waals surface area contributed by atoms with Crippen molar-refractivity contribution in [3.05, 3.63) is 29.8 Å². The van der Waals surface area contributed by atoms with Crippen LogP contribution in [-0.2, 0) is 11.3 Å². The smallest absolute Gasteiger partial charge is 0.319 e. The molecule has 0 aromatic heterocycles. The number of aliphatic carboxylic acids is 1. The second-order valence-corrected chi connectivity index (χ2v) is 4.60. The third kappa shape index (κ3) is 5.27. The van der Waals surface area contributed by atoms with E-state index < -0.39 is 11.9 Å². The Hall–Kier alpha value is -2.08. The van der Waals surface area contributed by atoms with Crippen LogP contribution in [0.25, 0.3) is 0 Å². The SMILES string of the molecule is CNCc1ccccc1NC(=O)NCCC(C)C(=O)O. The molecule has 0 aliphatic carbocycles. The summed E-state index contributed by atoms with van der Waals surface area (Å²) in [5, 5.41) is 17.2. The topological polar surface area (TPSA) is 90.5 Å². The van der Waals surface area contributed by atoms with E-state index >= 15 is 0 Å². The van der Waals surface area contributed by atoms with Gasteiger partial charge in [0.25, 0.3) is 0 Å². The highest BCUT2D eigenvalue weighted by molar-refractivity contribution is 5.90. The summed E-state index contributed by atoms with van der Waals surface area (Å²) in [4.78, 5) is 22.4. The first kappa shape index (κ1) is 16.0. The van der Waals surface area contributed by atoms with E-state index in [2.05, 4.69) is 16.0 Å². The summed E-state index contributed by atoms with van der Waals surface area (Å²) in [5.41, 5.74) is 1.73. The second-order valence-electron chi connectivity index (χ2n) is 4.60. The highest BCUT2D eigenvalue weighted by Crippen LogP contribution is 2.14. The molecule has 0 fully saturated rings. The molecule has 1 aromatic carbocycles. The molecule has 20 heavy (non-hydrogen) atoms. The molecule has 0 saturated heterocycles. The van der Waals surface area contributed by atoms with Crippen molar-refractivity contribution < 1.29 is 14.7 Å². The van der Waals surface area contributed by atoms with Crippen molar-refractivity contribution in [3.63, 3.8) is 0 Å². The number of carboxylic acid groups (broad SMARTS) is 1. The maximum absolute atomic E-state index is 11.7. The monoisotopic (exact) mass is 279 g/mol. The predicted molar refractivity (Wildman–Crippen MR) is 77.6 cm³/mol. The van der Waals surface area contributed by atoms with Gasteiger partial charge in [0.1, 0.15) is 0 Å². The molecule has 1 unspecified atom stereocenters. The summed E-state index contributed by atoms with van der Waals surface area (Å²) < 4.78 is 0. The standard InChI is InChI=1S/C14H21N3O3/c1-10(13(18)19)7-8-16-14(20)17-12-6-4-3-5-11(12)9-15-2/h3-6,10,15H,7-9H2,1-2H3,(H,18,19)(H2,16,17,20). The lowest BCUT2D eigenvalue weighted by atomic mass is 10.1. The number of hydrogen-bond acceptors (Lipinski definition) is 3. The van der Waals surface area contributed by atoms with Crippen LogP contribution < -0.4 is 16.0 Å². The van der Waals surface area contributed by atoms with Crippen LogP contribution in [0.2, 0.25) is 0 Å². The lowest BCUT2D eigenvalue weighted by molar-refractivity contribution is -0.141. The normalized spacial score (nSPS) is 11.7. The summed E-state index contributed by atoms with van der Waals surface area (Å²) in [5.74, 6) is -1.32. The van der Waals surface area contributed by atoms with Crippen LogP contribution in [0.3, 0.4) is 0 Å². The minimum absolute atomic E-state index is 0.327. The molecule has 0 radical (unpaired) electrons. The number of para-hydroxylation sites is 1. The second kappa shape index (κ2) is 8.16. The van der Waals surface area contributed by atoms with Crippen LogP contribution in [0.4, 0.5) is 10.5 Å². The van der Waals surface area contributed by atoms with Crippen LogP contribution in [0, 0.1) is 5.92 Å². The van der Waals surface area contributed by atoms with E-state index in [4.69, 9.17) is 5.11 Å². The van der Waals surface area contributed by atoms with E-state index in [1.165, 1.54) is 0 Å². The van der Waals surface area contributed by atoms with Crippen molar-refractivity contribution in [3.8, 4) is 0 Å². The predicted octanol–water partition coefficient (Wildman–Crippen LogP) is 1.64. The summed E-state index contributed by atoms with van der Waals surface area (Å²) in [6.07, 6.45) is 0.404. The lowest BCUT2D eigenvalue weighted by Gasteiger charge is -2.12. The molecule has 0 heterocycles. The third-order valence-electron chi connectivity index (χ3n) is 2.92. The number of rotatable bonds is 7. The van der Waals surface area contributed by atoms with Gasteiger partial charge in [-0.1, -0.05) is 25.1 Å². The number of amides is 2. The van der Waals surface area contributed by atoms with Gasteiger partial charge in [0.15, 0.2) is 0 Å². The fourth-order valence-corrected chi connectivity index (χ4v) is 1.68. The average Bonchev–Trinajstić information content (AvgIpc) is 2.41. The van der Waals surface area contributed by atoms with Gasteiger partial charge < -0.3 is 21.1 Å². The van der Waals surface area contributed by atoms with Crippen molar-refractivity contribution in [1.82, 2.24) is 10.6 Å². The van der Waals surface area contributed by atoms with Crippen molar-refractivity contribution in [2.45, 2.75) is 19.9 Å². The average molecular weight is 279 g/mol. The molecular formula is C14H21N3O3. The van der Waals surface area contributed by atoms with Gasteiger partial charge >= 0.3 is 12.0 Å². The minimum atomic E-state index is -0.855. The van der Waals surface area contributed by atoms with Crippen LogP contribution in [0.15, 0.2) is 24.3 Å². The van der Waals surface area contributed by atoms with Gasteiger partial charge in [-0.3, -0.25) is 4.79 Å². The van der Waals surface area contributed by atoms with Crippen molar-refractivity contribution in [1.29, 1.82) is 0 Å². The van der Waals surface area contributed by atoms with Gasteiger partial charge in [-0.25, -0.2) is 4.79 Å². The lowest BCUT2D eigenvalue weighted by Crippen LogP contribution is -2.31. The molecule has 0 aliphatic rings. The Labute approximate surface area is 118 Å². The highest BCUT2D eigenvalue weighted by atomic mass is 16.4. The number of carbonyl (C=O) groups excluding carboxylic acids is 1. The van der Waals surface area contributed by atoms with E-state index in [-0.39, 0.29) is 6.03 Å². The maximum atomic E-state index is 11.7. The molecule has 0 spiro atoms. The number of carboxylic acids is 1. The van der Waals surface area contributed by atoms with E-state index in [9.17, 15) is 9.59 Å². The first-order valence-electron chi connectivity index (χ1n) is 6.54. The zero-order chi connectivity index (χ0) is 15.0. The Bertz CT molecular complexity index is 463. The fraction of sp³-hybridized carbons (Fsp3) is 0.429. The number of hydrogen-bond donors (Lipinski definition) is 4. The Morgan fingerprint density at radius 3 is 2.65 bits per heavy atom. The molecule has 1 rings (SSSR count). The molecule has 1 aromatic rings. The zero-order valence-electron chi connectivity index (χ0n) is 11.8. The zero-order valence-corrected chi connectivity index (χ0v) is 11.8. The Balaban J connectivity index is 2.44. The third-order valence-corrected chi connectivity index (χ3v) is 2.92. The molecule has 0 saturated carbocycles. The summed E-state index contributed by atoms with van der Waals surface area (Å²) in [6, 6.07) is 7.18. The molecule has 6 heteroatoms. The van der Waals surface area contributed by atoms with Gasteiger partial charge in [-0.15, -0.1) is 0 Å². The van der Waals surface area contributed by atoms with E-state index in [1.807, 2.05) is 31.3 Å². The Morgan fingerprint density at radius 2 is 2.00 bits per heavy atom. The van der Waals surface area contributed by atoms with Crippen LogP contribution in [0.5, 0.6) is 0 Å². The Kier molecular flexibility index (Phi) is 6.52. The molecule has 0 bridgehead atoms. The molecule has 2 amide bonds. The van der Waals surface area contributed by atoms with Crippen LogP contribution in [0.1, 0.15) is 18.9 Å². The first-order valence-corrected chi connectivity index (χ1v) is 6.54. The molecular weight excluding hydrogens is 258 g/mol. The van der Waals surface area contributed by atoms with Gasteiger partial charge in [-0.05, 0) is 25.1 Å². The van der Waals surface area contributed by atoms with Gasteiger partial charge in [0.2, 0.25) is 0 Å². The first-order chi connectivity index (χ1) is 9.54. The van der Waals surface area contributed by atoms with Crippen molar-refractivity contribution in [2.24, 2.45) is 5.92 Å². The largest absolute Gasteiger partial charge is 0.481 e. The van der Waals surface area contributed by atoms with E-state index in [0.717, 1.165) is 11.3 Å². The number of anilines is 1. The van der Waals surface area contributed by atoms with Crippen molar-refractivity contribution >= 4 is 17.7 Å². The van der Waals surface area contributed by atoms with E-state index in [1.54, 1.807) is 6.92 Å². The van der Waals surface area contributed by atoms with Crippen LogP contribution in [-0.4, -0.2) is 30.7 Å². The maximum Gasteiger partial charge on any atom is 0.319 e. The summed E-state index contributed by atoms with van der Waals surface area (Å²) in [6.45, 7) is 2.60. The molecule has 4 N–H and O–H groups in total. The van der Waals surface area contributed by atoms with Crippen LogP contribution >= 0.6 is 0 Å². The molecule has 110 valence electrons. The Morgan fingerprint density at radius 1 is 1.30 bits per heavy atom. The quantitative estimate of drug-likeness (QED) is 0.610. The highest BCUT2D eigenvalue weighted by Gasteiger charge is 2.11. The summed E-state index contributed by atoms with van der Waals surface area (Å²) in [7, 11) is 1.84. The number of carbonyl (C=O) groups is 2. The number of urea groups is 1. The molecule has 6 nitrogen and oxygen atoms in total. The number of nitrogens with one attached hydrogen (secondary N) is 3. The minimum Gasteiger partial charge on any atom is -0.481 e. The molecule has 1 atom stereocenters. The van der Waals surface area contributed by atoms with Gasteiger partial charge in [0, 0.05) is 18.8 Å².